The van der Waals surface area contributed by atoms with Crippen LogP contribution in [0.1, 0.15) is 36.0 Å². The summed E-state index contributed by atoms with van der Waals surface area (Å²) in [5.41, 5.74) is 5.83. The zero-order valence-electron chi connectivity index (χ0n) is 13.5. The molecule has 4 rings (SSSR count). The minimum Gasteiger partial charge on any atom is -0.396 e. The molecule has 0 unspecified atom stereocenters. The second-order valence-electron chi connectivity index (χ2n) is 6.26. The molecule has 1 aliphatic carbocycles. The standard InChI is InChI=1S/C19H20N4O/c20-12-15-13-6-5-7-14(13)18(21-10-3-4-11-24)23-17-9-2-1-8-16(17)22-19(15)23/h1-2,8-9,21,24H,3-7,10-11H2. The van der Waals surface area contributed by atoms with Gasteiger partial charge in [0.1, 0.15) is 11.9 Å². The van der Waals surface area contributed by atoms with Gasteiger partial charge in [0.05, 0.1) is 16.6 Å². The van der Waals surface area contributed by atoms with Crippen LogP contribution < -0.4 is 5.32 Å². The van der Waals surface area contributed by atoms with Gasteiger partial charge in [0.25, 0.3) is 0 Å². The van der Waals surface area contributed by atoms with Gasteiger partial charge in [-0.05, 0) is 55.4 Å². The van der Waals surface area contributed by atoms with Crippen LogP contribution in [0.5, 0.6) is 0 Å². The molecule has 2 aromatic heterocycles. The minimum absolute atomic E-state index is 0.219. The fourth-order valence-electron chi connectivity index (χ4n) is 3.72. The highest BCUT2D eigenvalue weighted by atomic mass is 16.2. The van der Waals surface area contributed by atoms with Crippen LogP contribution in [0.4, 0.5) is 5.82 Å². The van der Waals surface area contributed by atoms with Crippen molar-refractivity contribution in [3.05, 3.63) is 41.0 Å². The molecule has 0 saturated heterocycles. The molecule has 0 radical (unpaired) electrons. The van der Waals surface area contributed by atoms with E-state index >= 15 is 0 Å². The molecular formula is C19H20N4O. The Bertz CT molecular complexity index is 952. The first-order valence-corrected chi connectivity index (χ1v) is 8.55. The molecule has 3 aromatic rings. The number of benzene rings is 1. The van der Waals surface area contributed by atoms with Gasteiger partial charge in [-0.3, -0.25) is 4.40 Å². The topological polar surface area (TPSA) is 73.3 Å². The van der Waals surface area contributed by atoms with E-state index in [0.717, 1.165) is 72.3 Å². The van der Waals surface area contributed by atoms with Gasteiger partial charge in [-0.1, -0.05) is 12.1 Å². The Morgan fingerprint density at radius 3 is 2.88 bits per heavy atom. The zero-order valence-corrected chi connectivity index (χ0v) is 13.5. The third kappa shape index (κ3) is 2.22. The largest absolute Gasteiger partial charge is 0.396 e. The Balaban J connectivity index is 1.96. The zero-order chi connectivity index (χ0) is 16.5. The molecule has 1 aliphatic rings. The maximum Gasteiger partial charge on any atom is 0.157 e. The summed E-state index contributed by atoms with van der Waals surface area (Å²) in [5, 5.41) is 22.3. The molecule has 0 atom stereocenters. The summed E-state index contributed by atoms with van der Waals surface area (Å²) in [6.07, 6.45) is 4.73. The lowest BCUT2D eigenvalue weighted by Crippen LogP contribution is -2.11. The lowest BCUT2D eigenvalue weighted by atomic mass is 10.1. The molecule has 0 aliphatic heterocycles. The van der Waals surface area contributed by atoms with Crippen molar-refractivity contribution < 1.29 is 5.11 Å². The lowest BCUT2D eigenvalue weighted by molar-refractivity contribution is 0.286. The van der Waals surface area contributed by atoms with Crippen molar-refractivity contribution in [2.75, 3.05) is 18.5 Å². The summed E-state index contributed by atoms with van der Waals surface area (Å²) < 4.78 is 2.11. The van der Waals surface area contributed by atoms with Crippen molar-refractivity contribution >= 4 is 22.5 Å². The molecule has 0 bridgehead atoms. The monoisotopic (exact) mass is 320 g/mol. The summed E-state index contributed by atoms with van der Waals surface area (Å²) in [4.78, 5) is 4.73. The quantitative estimate of drug-likeness (QED) is 0.709. The number of imidazole rings is 1. The third-order valence-electron chi connectivity index (χ3n) is 4.80. The number of aliphatic hydroxyl groups is 1. The average Bonchev–Trinajstić information content (AvgIpc) is 3.22. The van der Waals surface area contributed by atoms with Crippen LogP contribution in [0.3, 0.4) is 0 Å². The van der Waals surface area contributed by atoms with E-state index in [-0.39, 0.29) is 6.61 Å². The van der Waals surface area contributed by atoms with Crippen molar-refractivity contribution in [2.45, 2.75) is 32.1 Å². The summed E-state index contributed by atoms with van der Waals surface area (Å²) in [5.74, 6) is 1.07. The van der Waals surface area contributed by atoms with Crippen LogP contribution >= 0.6 is 0 Å². The van der Waals surface area contributed by atoms with Crippen molar-refractivity contribution in [3.63, 3.8) is 0 Å². The number of hydrogen-bond acceptors (Lipinski definition) is 4. The van der Waals surface area contributed by atoms with E-state index in [1.54, 1.807) is 0 Å². The predicted octanol–water partition coefficient (Wildman–Crippen LogP) is 3.03. The highest BCUT2D eigenvalue weighted by Gasteiger charge is 2.25. The van der Waals surface area contributed by atoms with Crippen molar-refractivity contribution in [2.24, 2.45) is 0 Å². The third-order valence-corrected chi connectivity index (χ3v) is 4.80. The summed E-state index contributed by atoms with van der Waals surface area (Å²) >= 11 is 0. The van der Waals surface area contributed by atoms with Gasteiger partial charge in [-0.2, -0.15) is 5.26 Å². The van der Waals surface area contributed by atoms with Gasteiger partial charge in [-0.25, -0.2) is 4.98 Å². The van der Waals surface area contributed by atoms with E-state index in [9.17, 15) is 5.26 Å². The number of nitrogens with zero attached hydrogens (tertiary/aromatic N) is 3. The number of nitrogens with one attached hydrogen (secondary N) is 1. The fraction of sp³-hybridized carbons (Fsp3) is 0.368. The van der Waals surface area contributed by atoms with E-state index < -0.39 is 0 Å². The molecule has 2 N–H and O–H groups in total. The number of anilines is 1. The maximum absolute atomic E-state index is 9.71. The molecule has 0 amide bonds. The van der Waals surface area contributed by atoms with Crippen LogP contribution in [-0.2, 0) is 12.8 Å². The fourth-order valence-corrected chi connectivity index (χ4v) is 3.72. The first-order chi connectivity index (χ1) is 11.8. The smallest absolute Gasteiger partial charge is 0.157 e. The number of aliphatic hydroxyl groups excluding tert-OH is 1. The molecule has 122 valence electrons. The highest BCUT2D eigenvalue weighted by molar-refractivity contribution is 5.86. The maximum atomic E-state index is 9.71. The van der Waals surface area contributed by atoms with Gasteiger partial charge in [0.2, 0.25) is 0 Å². The number of pyridine rings is 1. The van der Waals surface area contributed by atoms with Crippen LogP contribution in [-0.4, -0.2) is 27.6 Å². The number of para-hydroxylation sites is 2. The Kier molecular flexibility index (Phi) is 3.83. The lowest BCUT2D eigenvalue weighted by Gasteiger charge is -2.16. The number of aromatic nitrogens is 2. The Morgan fingerprint density at radius 2 is 2.04 bits per heavy atom. The molecule has 5 heteroatoms. The Hall–Kier alpha value is -2.58. The van der Waals surface area contributed by atoms with Gasteiger partial charge in [0, 0.05) is 13.2 Å². The number of rotatable bonds is 5. The van der Waals surface area contributed by atoms with Gasteiger partial charge >= 0.3 is 0 Å². The number of fused-ring (bicyclic) bond motifs is 4. The average molecular weight is 320 g/mol. The normalized spacial score (nSPS) is 13.3. The molecule has 0 spiro atoms. The van der Waals surface area contributed by atoms with Gasteiger partial charge in [-0.15, -0.1) is 0 Å². The number of hydrogen-bond donors (Lipinski definition) is 2. The SMILES string of the molecule is N#Cc1c2c(c(NCCCCO)n3c1nc1ccccc13)CCC2. The van der Waals surface area contributed by atoms with E-state index in [2.05, 4.69) is 21.9 Å². The molecular weight excluding hydrogens is 300 g/mol. The van der Waals surface area contributed by atoms with Crippen molar-refractivity contribution in [1.82, 2.24) is 9.38 Å². The van der Waals surface area contributed by atoms with Crippen LogP contribution in [0.25, 0.3) is 16.7 Å². The molecule has 2 heterocycles. The number of unbranched alkanes of at least 4 members (excludes halogenated alkanes) is 1. The van der Waals surface area contributed by atoms with Gasteiger partial charge in [0.15, 0.2) is 5.65 Å². The number of nitriles is 1. The predicted molar refractivity (Wildman–Crippen MR) is 94.2 cm³/mol. The molecule has 1 aromatic carbocycles. The second-order valence-corrected chi connectivity index (χ2v) is 6.26. The molecule has 5 nitrogen and oxygen atoms in total. The first-order valence-electron chi connectivity index (χ1n) is 8.55. The summed E-state index contributed by atoms with van der Waals surface area (Å²) in [6, 6.07) is 10.4. The Labute approximate surface area is 140 Å². The molecule has 24 heavy (non-hydrogen) atoms. The van der Waals surface area contributed by atoms with Crippen LogP contribution in [0.15, 0.2) is 24.3 Å². The summed E-state index contributed by atoms with van der Waals surface area (Å²) in [7, 11) is 0. The van der Waals surface area contributed by atoms with E-state index in [4.69, 9.17) is 10.1 Å². The van der Waals surface area contributed by atoms with E-state index in [1.807, 2.05) is 18.2 Å². The second kappa shape index (κ2) is 6.14. The minimum atomic E-state index is 0.219. The summed E-state index contributed by atoms with van der Waals surface area (Å²) in [6.45, 7) is 1.02. The first kappa shape index (κ1) is 15.0. The van der Waals surface area contributed by atoms with Crippen molar-refractivity contribution in [1.29, 1.82) is 5.26 Å². The highest BCUT2D eigenvalue weighted by Crippen LogP contribution is 2.36. The van der Waals surface area contributed by atoms with E-state index in [1.165, 1.54) is 5.56 Å². The van der Waals surface area contributed by atoms with Crippen LogP contribution in [0.2, 0.25) is 0 Å². The van der Waals surface area contributed by atoms with E-state index in [0.29, 0.717) is 0 Å². The molecule has 0 saturated carbocycles. The Morgan fingerprint density at radius 1 is 1.21 bits per heavy atom. The molecule has 0 fully saturated rings. The van der Waals surface area contributed by atoms with Crippen LogP contribution in [0, 0.1) is 11.3 Å². The van der Waals surface area contributed by atoms with Crippen molar-refractivity contribution in [3.8, 4) is 6.07 Å². The van der Waals surface area contributed by atoms with Gasteiger partial charge < -0.3 is 10.4 Å².